The first-order valence-electron chi connectivity index (χ1n) is 8.58. The molecule has 0 aliphatic heterocycles. The summed E-state index contributed by atoms with van der Waals surface area (Å²) in [6.07, 6.45) is 5.06. The first-order chi connectivity index (χ1) is 12.7. The van der Waals surface area contributed by atoms with Crippen LogP contribution >= 0.6 is 12.4 Å². The van der Waals surface area contributed by atoms with E-state index in [0.29, 0.717) is 31.0 Å². The van der Waals surface area contributed by atoms with E-state index in [2.05, 4.69) is 15.3 Å². The molecule has 0 saturated heterocycles. The van der Waals surface area contributed by atoms with Gasteiger partial charge >= 0.3 is 5.97 Å². The lowest BCUT2D eigenvalue weighted by atomic mass is 10.1. The van der Waals surface area contributed by atoms with Crippen LogP contribution in [0.5, 0.6) is 5.75 Å². The number of nitrogens with zero attached hydrogens (tertiary/aromatic N) is 2. The van der Waals surface area contributed by atoms with Gasteiger partial charge in [-0.25, -0.2) is 4.79 Å². The zero-order chi connectivity index (χ0) is 18.4. The number of rotatable bonds is 7. The van der Waals surface area contributed by atoms with Crippen LogP contribution in [-0.4, -0.2) is 29.2 Å². The van der Waals surface area contributed by atoms with Crippen LogP contribution in [0.15, 0.2) is 48.9 Å². The van der Waals surface area contributed by atoms with Gasteiger partial charge in [0.1, 0.15) is 11.3 Å². The summed E-state index contributed by atoms with van der Waals surface area (Å²) in [4.78, 5) is 20.9. The fourth-order valence-corrected chi connectivity index (χ4v) is 2.68. The number of halogens is 1. The second-order valence-electron chi connectivity index (χ2n) is 5.59. The molecule has 0 aliphatic rings. The lowest BCUT2D eigenvalue weighted by molar-refractivity contribution is 0.0527. The van der Waals surface area contributed by atoms with Gasteiger partial charge in [0.2, 0.25) is 0 Å². The first-order valence-corrected chi connectivity index (χ1v) is 8.58. The number of hydrogen-bond donors (Lipinski definition) is 1. The highest BCUT2D eigenvalue weighted by atomic mass is 35.5. The Morgan fingerprint density at radius 1 is 1.15 bits per heavy atom. The summed E-state index contributed by atoms with van der Waals surface area (Å²) in [6, 6.07) is 9.48. The highest BCUT2D eigenvalue weighted by molar-refractivity contribution is 6.05. The molecule has 27 heavy (non-hydrogen) atoms. The third-order valence-corrected chi connectivity index (χ3v) is 3.84. The molecule has 0 radical (unpaired) electrons. The number of fused-ring (bicyclic) bond motifs is 1. The zero-order valence-electron chi connectivity index (χ0n) is 15.3. The fourth-order valence-electron chi connectivity index (χ4n) is 2.68. The van der Waals surface area contributed by atoms with Gasteiger partial charge in [0, 0.05) is 30.5 Å². The Morgan fingerprint density at radius 3 is 2.70 bits per heavy atom. The van der Waals surface area contributed by atoms with Gasteiger partial charge in [-0.1, -0.05) is 6.07 Å². The van der Waals surface area contributed by atoms with Gasteiger partial charge in [0.25, 0.3) is 0 Å². The summed E-state index contributed by atoms with van der Waals surface area (Å²) in [5, 5.41) is 4.16. The highest BCUT2D eigenvalue weighted by Gasteiger charge is 2.17. The number of carbonyl (C=O) groups excluding carboxylic acids is 1. The Kier molecular flexibility index (Phi) is 7.37. The third kappa shape index (κ3) is 4.86. The minimum atomic E-state index is -0.405. The van der Waals surface area contributed by atoms with Crippen molar-refractivity contribution in [3.8, 4) is 5.75 Å². The Morgan fingerprint density at radius 2 is 2.00 bits per heavy atom. The van der Waals surface area contributed by atoms with Gasteiger partial charge in [-0.3, -0.25) is 9.97 Å². The van der Waals surface area contributed by atoms with Gasteiger partial charge in [-0.15, -0.1) is 12.4 Å². The summed E-state index contributed by atoms with van der Waals surface area (Å²) < 4.78 is 10.8. The van der Waals surface area contributed by atoms with Crippen molar-refractivity contribution in [1.29, 1.82) is 0 Å². The number of esters is 1. The third-order valence-electron chi connectivity index (χ3n) is 3.84. The van der Waals surface area contributed by atoms with Crippen molar-refractivity contribution in [3.63, 3.8) is 0 Å². The number of ether oxygens (including phenoxy) is 2. The monoisotopic (exact) mass is 387 g/mol. The lowest BCUT2D eigenvalue weighted by Crippen LogP contribution is -2.11. The van der Waals surface area contributed by atoms with Crippen molar-refractivity contribution in [1.82, 2.24) is 9.97 Å². The lowest BCUT2D eigenvalue weighted by Gasteiger charge is -2.15. The number of aromatic nitrogens is 2. The van der Waals surface area contributed by atoms with E-state index in [1.54, 1.807) is 25.5 Å². The van der Waals surface area contributed by atoms with E-state index in [-0.39, 0.29) is 12.4 Å². The largest absolute Gasteiger partial charge is 0.494 e. The fraction of sp³-hybridized carbons (Fsp3) is 0.250. The average molecular weight is 388 g/mol. The van der Waals surface area contributed by atoms with Gasteiger partial charge in [0.05, 0.1) is 24.4 Å². The van der Waals surface area contributed by atoms with Crippen molar-refractivity contribution in [2.75, 3.05) is 18.5 Å². The molecule has 0 bridgehead atoms. The van der Waals surface area contributed by atoms with E-state index in [1.807, 2.05) is 37.3 Å². The van der Waals surface area contributed by atoms with Gasteiger partial charge in [-0.05, 0) is 43.7 Å². The Balaban J connectivity index is 0.00000261. The molecule has 0 aliphatic carbocycles. The van der Waals surface area contributed by atoms with E-state index in [0.717, 1.165) is 22.2 Å². The summed E-state index contributed by atoms with van der Waals surface area (Å²) in [5.41, 5.74) is 2.86. The molecule has 0 spiro atoms. The number of carbonyl (C=O) groups is 1. The van der Waals surface area contributed by atoms with Crippen LogP contribution in [0.25, 0.3) is 10.9 Å². The summed E-state index contributed by atoms with van der Waals surface area (Å²) in [6.45, 7) is 5.10. The Hall–Kier alpha value is -2.86. The maximum absolute atomic E-state index is 12.4. The highest BCUT2D eigenvalue weighted by Crippen LogP contribution is 2.30. The topological polar surface area (TPSA) is 73.3 Å². The number of nitrogens with one attached hydrogen (secondary N) is 1. The number of hydrogen-bond acceptors (Lipinski definition) is 6. The maximum Gasteiger partial charge on any atom is 0.341 e. The van der Waals surface area contributed by atoms with Crippen LogP contribution in [0.4, 0.5) is 5.69 Å². The minimum Gasteiger partial charge on any atom is -0.494 e. The Bertz CT molecular complexity index is 904. The normalized spacial score (nSPS) is 10.1. The molecule has 2 aromatic heterocycles. The van der Waals surface area contributed by atoms with Gasteiger partial charge < -0.3 is 14.8 Å². The second-order valence-corrected chi connectivity index (χ2v) is 5.59. The molecular weight excluding hydrogens is 366 g/mol. The van der Waals surface area contributed by atoms with E-state index in [1.165, 1.54) is 0 Å². The van der Waals surface area contributed by atoms with Gasteiger partial charge in [0.15, 0.2) is 0 Å². The molecule has 0 saturated carbocycles. The van der Waals surface area contributed by atoms with E-state index >= 15 is 0 Å². The van der Waals surface area contributed by atoms with E-state index < -0.39 is 5.97 Å². The quantitative estimate of drug-likeness (QED) is 0.611. The molecule has 3 aromatic rings. The molecular formula is C20H22ClN3O3. The summed E-state index contributed by atoms with van der Waals surface area (Å²) in [5.74, 6) is 0.324. The SMILES string of the molecule is CCOC(=O)c1cnc2ccc(OCC)cc2c1NCc1cccnc1.Cl. The summed E-state index contributed by atoms with van der Waals surface area (Å²) >= 11 is 0. The maximum atomic E-state index is 12.4. The molecule has 142 valence electrons. The van der Waals surface area contributed by atoms with Crippen molar-refractivity contribution < 1.29 is 14.3 Å². The predicted molar refractivity (Wildman–Crippen MR) is 108 cm³/mol. The molecule has 0 amide bonds. The van der Waals surface area contributed by atoms with Crippen molar-refractivity contribution in [2.24, 2.45) is 0 Å². The Labute approximate surface area is 164 Å². The van der Waals surface area contributed by atoms with Crippen LogP contribution in [0.2, 0.25) is 0 Å². The van der Waals surface area contributed by atoms with Gasteiger partial charge in [-0.2, -0.15) is 0 Å². The van der Waals surface area contributed by atoms with Crippen LogP contribution in [-0.2, 0) is 11.3 Å². The van der Waals surface area contributed by atoms with E-state index in [4.69, 9.17) is 9.47 Å². The number of anilines is 1. The minimum absolute atomic E-state index is 0. The van der Waals surface area contributed by atoms with Crippen LogP contribution in [0, 0.1) is 0 Å². The van der Waals surface area contributed by atoms with Crippen molar-refractivity contribution in [2.45, 2.75) is 20.4 Å². The average Bonchev–Trinajstić information content (AvgIpc) is 2.67. The van der Waals surface area contributed by atoms with Crippen LogP contribution < -0.4 is 10.1 Å². The zero-order valence-corrected chi connectivity index (χ0v) is 16.1. The summed E-state index contributed by atoms with van der Waals surface area (Å²) in [7, 11) is 0. The molecule has 0 fully saturated rings. The standard InChI is InChI=1S/C20H21N3O3.ClH/c1-3-25-15-7-8-18-16(10-15)19(17(13-22-18)20(24)26-4-2)23-12-14-6-5-9-21-11-14;/h5-11,13H,3-4,12H2,1-2H3,(H,22,23);1H. The molecule has 0 atom stereocenters. The smallest absolute Gasteiger partial charge is 0.341 e. The molecule has 1 N–H and O–H groups in total. The van der Waals surface area contributed by atoms with Crippen LogP contribution in [0.1, 0.15) is 29.8 Å². The number of benzene rings is 1. The molecule has 6 nitrogen and oxygen atoms in total. The molecule has 1 aromatic carbocycles. The predicted octanol–water partition coefficient (Wildman–Crippen LogP) is 4.24. The second kappa shape index (κ2) is 9.73. The van der Waals surface area contributed by atoms with E-state index in [9.17, 15) is 4.79 Å². The van der Waals surface area contributed by atoms with Crippen LogP contribution in [0.3, 0.4) is 0 Å². The molecule has 2 heterocycles. The molecule has 3 rings (SSSR count). The van der Waals surface area contributed by atoms with Crippen molar-refractivity contribution >= 4 is 35.0 Å². The molecule has 7 heteroatoms. The molecule has 0 unspecified atom stereocenters. The van der Waals surface area contributed by atoms with Crippen molar-refractivity contribution in [3.05, 3.63) is 60.0 Å². The first kappa shape index (κ1) is 20.5. The number of pyridine rings is 2.